The van der Waals surface area contributed by atoms with Gasteiger partial charge in [-0.05, 0) is 36.8 Å². The quantitative estimate of drug-likeness (QED) is 0.713. The van der Waals surface area contributed by atoms with Gasteiger partial charge in [0.15, 0.2) is 0 Å². The fourth-order valence-electron chi connectivity index (χ4n) is 3.47. The third-order valence-corrected chi connectivity index (χ3v) is 5.31. The van der Waals surface area contributed by atoms with Gasteiger partial charge in [0.05, 0.1) is 11.3 Å². The van der Waals surface area contributed by atoms with E-state index in [2.05, 4.69) is 27.4 Å². The van der Waals surface area contributed by atoms with E-state index in [-0.39, 0.29) is 5.69 Å². The Balaban J connectivity index is 1.44. The summed E-state index contributed by atoms with van der Waals surface area (Å²) in [6, 6.07) is 10.1. The second kappa shape index (κ2) is 9.57. The molecule has 1 fully saturated rings. The van der Waals surface area contributed by atoms with Crippen molar-refractivity contribution in [1.29, 1.82) is 0 Å². The molecule has 1 saturated heterocycles. The lowest BCUT2D eigenvalue weighted by Crippen LogP contribution is -2.48. The number of carbonyl (C=O) groups excluding carboxylic acids is 1. The molecule has 30 heavy (non-hydrogen) atoms. The third-order valence-electron chi connectivity index (χ3n) is 5.08. The van der Waals surface area contributed by atoms with Crippen LogP contribution in [0.3, 0.4) is 0 Å². The number of nitrogens with zero attached hydrogens (tertiary/aromatic N) is 2. The topological polar surface area (TPSA) is 47.6 Å². The standard InChI is InChI=1S/C21H24ClF3N4O/c1-15-6-7-16(22)14-19(15)29-12-10-28(11-13-29)9-8-26-20(30)27-18-5-3-2-4-17(18)21(23,24)25/h2-7,14H,8-13H2,1H3,(H2,26,27,30). The molecule has 2 aromatic carbocycles. The molecule has 5 nitrogen and oxygen atoms in total. The second-order valence-corrected chi connectivity index (χ2v) is 7.62. The molecule has 1 aliphatic heterocycles. The minimum Gasteiger partial charge on any atom is -0.369 e. The number of halogens is 4. The van der Waals surface area contributed by atoms with Gasteiger partial charge in [-0.25, -0.2) is 4.79 Å². The Morgan fingerprint density at radius 1 is 1.10 bits per heavy atom. The molecular formula is C21H24ClF3N4O. The number of aryl methyl sites for hydroxylation is 1. The first-order valence-corrected chi connectivity index (χ1v) is 10.1. The van der Waals surface area contributed by atoms with E-state index in [9.17, 15) is 18.0 Å². The van der Waals surface area contributed by atoms with Crippen LogP contribution in [-0.2, 0) is 6.18 Å². The molecule has 1 aliphatic rings. The Labute approximate surface area is 178 Å². The van der Waals surface area contributed by atoms with Gasteiger partial charge in [0.25, 0.3) is 0 Å². The van der Waals surface area contributed by atoms with Crippen molar-refractivity contribution in [3.8, 4) is 0 Å². The van der Waals surface area contributed by atoms with E-state index < -0.39 is 17.8 Å². The van der Waals surface area contributed by atoms with Gasteiger partial charge in [-0.15, -0.1) is 0 Å². The molecule has 9 heteroatoms. The molecule has 0 radical (unpaired) electrons. The van der Waals surface area contributed by atoms with Gasteiger partial charge in [-0.2, -0.15) is 13.2 Å². The highest BCUT2D eigenvalue weighted by molar-refractivity contribution is 6.30. The fourth-order valence-corrected chi connectivity index (χ4v) is 3.64. The normalized spacial score (nSPS) is 15.2. The molecule has 0 saturated carbocycles. The highest BCUT2D eigenvalue weighted by atomic mass is 35.5. The summed E-state index contributed by atoms with van der Waals surface area (Å²) in [5, 5.41) is 5.62. The largest absolute Gasteiger partial charge is 0.418 e. The predicted octanol–water partition coefficient (Wildman–Crippen LogP) is 4.61. The third kappa shape index (κ3) is 5.79. The van der Waals surface area contributed by atoms with Gasteiger partial charge in [-0.1, -0.05) is 29.8 Å². The van der Waals surface area contributed by atoms with Crippen LogP contribution in [0.25, 0.3) is 0 Å². The Morgan fingerprint density at radius 3 is 2.50 bits per heavy atom. The van der Waals surface area contributed by atoms with Gasteiger partial charge in [0.2, 0.25) is 0 Å². The van der Waals surface area contributed by atoms with Crippen LogP contribution in [0.5, 0.6) is 0 Å². The molecule has 3 rings (SSSR count). The number of benzene rings is 2. The van der Waals surface area contributed by atoms with Crippen molar-refractivity contribution in [2.75, 3.05) is 49.5 Å². The summed E-state index contributed by atoms with van der Waals surface area (Å²) in [5.74, 6) is 0. The molecule has 0 aliphatic carbocycles. The number of rotatable bonds is 5. The van der Waals surface area contributed by atoms with Gasteiger partial charge in [0.1, 0.15) is 0 Å². The molecule has 2 amide bonds. The van der Waals surface area contributed by atoms with Crippen LogP contribution in [0.15, 0.2) is 42.5 Å². The summed E-state index contributed by atoms with van der Waals surface area (Å²) in [6.45, 7) is 6.35. The smallest absolute Gasteiger partial charge is 0.369 e. The molecule has 0 aromatic heterocycles. The van der Waals surface area contributed by atoms with Crippen LogP contribution >= 0.6 is 11.6 Å². The number of urea groups is 1. The molecule has 2 N–H and O–H groups in total. The summed E-state index contributed by atoms with van der Waals surface area (Å²) in [6.07, 6.45) is -4.52. The van der Waals surface area contributed by atoms with Crippen LogP contribution in [-0.4, -0.2) is 50.2 Å². The van der Waals surface area contributed by atoms with E-state index in [0.717, 1.165) is 37.9 Å². The van der Waals surface area contributed by atoms with Gasteiger partial charge in [-0.3, -0.25) is 4.90 Å². The number of anilines is 2. The van der Waals surface area contributed by atoms with Crippen molar-refractivity contribution in [3.05, 3.63) is 58.6 Å². The number of alkyl halides is 3. The van der Waals surface area contributed by atoms with Crippen molar-refractivity contribution in [3.63, 3.8) is 0 Å². The van der Waals surface area contributed by atoms with Gasteiger partial charge >= 0.3 is 12.2 Å². The highest BCUT2D eigenvalue weighted by Gasteiger charge is 2.33. The number of hydrogen-bond donors (Lipinski definition) is 2. The monoisotopic (exact) mass is 440 g/mol. The van der Waals surface area contributed by atoms with Crippen molar-refractivity contribution in [2.45, 2.75) is 13.1 Å². The lowest BCUT2D eigenvalue weighted by Gasteiger charge is -2.36. The Bertz CT molecular complexity index is 883. The maximum Gasteiger partial charge on any atom is 0.418 e. The highest BCUT2D eigenvalue weighted by Crippen LogP contribution is 2.34. The number of nitrogens with one attached hydrogen (secondary N) is 2. The van der Waals surface area contributed by atoms with Crippen molar-refractivity contribution >= 4 is 29.0 Å². The van der Waals surface area contributed by atoms with Crippen molar-refractivity contribution in [2.24, 2.45) is 0 Å². The minimum atomic E-state index is -4.52. The first-order valence-electron chi connectivity index (χ1n) is 9.68. The lowest BCUT2D eigenvalue weighted by atomic mass is 10.1. The summed E-state index contributed by atoms with van der Waals surface area (Å²) < 4.78 is 39.0. The van der Waals surface area contributed by atoms with E-state index in [1.807, 2.05) is 18.2 Å². The molecule has 2 aromatic rings. The predicted molar refractivity (Wildman–Crippen MR) is 113 cm³/mol. The number of amides is 2. The SMILES string of the molecule is Cc1ccc(Cl)cc1N1CCN(CCNC(=O)Nc2ccccc2C(F)(F)F)CC1. The van der Waals surface area contributed by atoms with E-state index in [1.54, 1.807) is 0 Å². The average Bonchev–Trinajstić information content (AvgIpc) is 2.70. The van der Waals surface area contributed by atoms with Crippen LogP contribution in [0, 0.1) is 6.92 Å². The van der Waals surface area contributed by atoms with Crippen LogP contribution in [0.4, 0.5) is 29.3 Å². The van der Waals surface area contributed by atoms with Crippen LogP contribution in [0.1, 0.15) is 11.1 Å². The molecule has 0 spiro atoms. The Hall–Kier alpha value is -2.45. The summed E-state index contributed by atoms with van der Waals surface area (Å²) >= 11 is 6.11. The van der Waals surface area contributed by atoms with Gasteiger partial charge in [0, 0.05) is 50.0 Å². The zero-order chi connectivity index (χ0) is 21.7. The van der Waals surface area contributed by atoms with E-state index in [1.165, 1.54) is 23.8 Å². The summed E-state index contributed by atoms with van der Waals surface area (Å²) in [4.78, 5) is 16.5. The number of piperazine rings is 1. The molecule has 0 bridgehead atoms. The second-order valence-electron chi connectivity index (χ2n) is 7.18. The van der Waals surface area contributed by atoms with Gasteiger partial charge < -0.3 is 15.5 Å². The zero-order valence-corrected chi connectivity index (χ0v) is 17.4. The first kappa shape index (κ1) is 22.2. The maximum absolute atomic E-state index is 13.0. The fraction of sp³-hybridized carbons (Fsp3) is 0.381. The van der Waals surface area contributed by atoms with E-state index in [4.69, 9.17) is 11.6 Å². The maximum atomic E-state index is 13.0. The Morgan fingerprint density at radius 2 is 1.80 bits per heavy atom. The summed E-state index contributed by atoms with van der Waals surface area (Å²) in [7, 11) is 0. The number of para-hydroxylation sites is 1. The molecule has 0 atom stereocenters. The Kier molecular flexibility index (Phi) is 7.10. The van der Waals surface area contributed by atoms with Crippen molar-refractivity contribution in [1.82, 2.24) is 10.2 Å². The number of hydrogen-bond acceptors (Lipinski definition) is 3. The lowest BCUT2D eigenvalue weighted by molar-refractivity contribution is -0.136. The van der Waals surface area contributed by atoms with Crippen LogP contribution < -0.4 is 15.5 Å². The van der Waals surface area contributed by atoms with Crippen LogP contribution in [0.2, 0.25) is 5.02 Å². The molecular weight excluding hydrogens is 417 g/mol. The number of carbonyl (C=O) groups is 1. The zero-order valence-electron chi connectivity index (χ0n) is 16.6. The summed E-state index contributed by atoms with van der Waals surface area (Å²) in [5.41, 5.74) is 1.17. The van der Waals surface area contributed by atoms with Crippen molar-refractivity contribution < 1.29 is 18.0 Å². The molecule has 0 unspecified atom stereocenters. The van der Waals surface area contributed by atoms with E-state index in [0.29, 0.717) is 18.1 Å². The van der Waals surface area contributed by atoms with E-state index >= 15 is 0 Å². The molecule has 1 heterocycles. The minimum absolute atomic E-state index is 0.256. The first-order chi connectivity index (χ1) is 14.2. The average molecular weight is 441 g/mol. The molecule has 162 valence electrons.